The van der Waals surface area contributed by atoms with Crippen molar-refractivity contribution in [3.05, 3.63) is 0 Å². The molecule has 2 aliphatic rings. The molecule has 1 aliphatic carbocycles. The summed E-state index contributed by atoms with van der Waals surface area (Å²) < 4.78 is 5.08. The molecule has 0 bridgehead atoms. The predicted molar refractivity (Wildman–Crippen MR) is 76.1 cm³/mol. The number of methoxy groups -OCH3 is 1. The summed E-state index contributed by atoms with van der Waals surface area (Å²) in [5, 5.41) is 3.67. The Labute approximate surface area is 116 Å². The van der Waals surface area contributed by atoms with Gasteiger partial charge in [-0.25, -0.2) is 0 Å². The van der Waals surface area contributed by atoms with Crippen molar-refractivity contribution in [3.63, 3.8) is 0 Å². The zero-order valence-electron chi connectivity index (χ0n) is 12.6. The second kappa shape index (κ2) is 6.23. The van der Waals surface area contributed by atoms with Gasteiger partial charge in [0, 0.05) is 18.6 Å². The van der Waals surface area contributed by atoms with Crippen molar-refractivity contribution in [1.82, 2.24) is 10.2 Å². The van der Waals surface area contributed by atoms with Crippen LogP contribution in [0.3, 0.4) is 0 Å². The first kappa shape index (κ1) is 14.8. The van der Waals surface area contributed by atoms with Crippen molar-refractivity contribution in [1.29, 1.82) is 0 Å². The summed E-state index contributed by atoms with van der Waals surface area (Å²) in [6.45, 7) is 2.94. The molecule has 0 radical (unpaired) electrons. The summed E-state index contributed by atoms with van der Waals surface area (Å²) >= 11 is 0. The molecular formula is C15H28N2O2. The molecular weight excluding hydrogens is 240 g/mol. The molecule has 4 nitrogen and oxygen atoms in total. The third-order valence-corrected chi connectivity index (χ3v) is 4.83. The van der Waals surface area contributed by atoms with Gasteiger partial charge in [-0.15, -0.1) is 0 Å². The summed E-state index contributed by atoms with van der Waals surface area (Å²) in [5.74, 6) is -0.0899. The molecule has 1 saturated carbocycles. The van der Waals surface area contributed by atoms with Gasteiger partial charge in [0.25, 0.3) is 0 Å². The highest BCUT2D eigenvalue weighted by Crippen LogP contribution is 2.29. The Kier molecular flexibility index (Phi) is 4.85. The van der Waals surface area contributed by atoms with E-state index >= 15 is 0 Å². The maximum atomic E-state index is 12.3. The summed E-state index contributed by atoms with van der Waals surface area (Å²) in [7, 11) is 3.59. The van der Waals surface area contributed by atoms with Crippen LogP contribution >= 0.6 is 0 Å². The minimum atomic E-state index is -0.488. The SMILES string of the molecule is COC(=O)C1(NC2CCCCCC2)CC(C)N(C)C1. The molecule has 1 N–H and O–H groups in total. The van der Waals surface area contributed by atoms with Crippen LogP contribution in [0, 0.1) is 0 Å². The van der Waals surface area contributed by atoms with Crippen LogP contribution < -0.4 is 5.32 Å². The number of carbonyl (C=O) groups is 1. The molecule has 0 spiro atoms. The quantitative estimate of drug-likeness (QED) is 0.627. The number of likely N-dealkylation sites (N-methyl/N-ethyl adjacent to an activating group) is 1. The summed E-state index contributed by atoms with van der Waals surface area (Å²) in [6.07, 6.45) is 8.46. The minimum absolute atomic E-state index is 0.0899. The van der Waals surface area contributed by atoms with Gasteiger partial charge in [-0.3, -0.25) is 10.1 Å². The average Bonchev–Trinajstić information content (AvgIpc) is 2.60. The first-order valence-corrected chi connectivity index (χ1v) is 7.64. The normalized spacial score (nSPS) is 34.2. The second-order valence-corrected chi connectivity index (χ2v) is 6.37. The Hall–Kier alpha value is -0.610. The van der Waals surface area contributed by atoms with Gasteiger partial charge in [-0.2, -0.15) is 0 Å². The van der Waals surface area contributed by atoms with E-state index in [1.54, 1.807) is 0 Å². The molecule has 1 heterocycles. The number of hydrogen-bond acceptors (Lipinski definition) is 4. The number of nitrogens with one attached hydrogen (secondary N) is 1. The highest BCUT2D eigenvalue weighted by Gasteiger charge is 2.48. The smallest absolute Gasteiger partial charge is 0.327 e. The third kappa shape index (κ3) is 3.29. The van der Waals surface area contributed by atoms with Crippen LogP contribution in [0.4, 0.5) is 0 Å². The lowest BCUT2D eigenvalue weighted by atomic mass is 9.93. The van der Waals surface area contributed by atoms with Crippen LogP contribution in [0.1, 0.15) is 51.9 Å². The van der Waals surface area contributed by atoms with Crippen LogP contribution in [0.5, 0.6) is 0 Å². The second-order valence-electron chi connectivity index (χ2n) is 6.37. The predicted octanol–water partition coefficient (Wildman–Crippen LogP) is 1.93. The van der Waals surface area contributed by atoms with E-state index < -0.39 is 5.54 Å². The first-order chi connectivity index (χ1) is 9.07. The Morgan fingerprint density at radius 1 is 1.26 bits per heavy atom. The van der Waals surface area contributed by atoms with E-state index in [2.05, 4.69) is 24.2 Å². The summed E-state index contributed by atoms with van der Waals surface area (Å²) in [4.78, 5) is 14.5. The molecule has 0 amide bonds. The first-order valence-electron chi connectivity index (χ1n) is 7.64. The fourth-order valence-electron chi connectivity index (χ4n) is 3.63. The molecule has 2 atom stereocenters. The van der Waals surface area contributed by atoms with E-state index in [-0.39, 0.29) is 5.97 Å². The van der Waals surface area contributed by atoms with Gasteiger partial charge in [0.05, 0.1) is 7.11 Å². The average molecular weight is 268 g/mol. The molecule has 2 fully saturated rings. The lowest BCUT2D eigenvalue weighted by Crippen LogP contribution is -2.57. The van der Waals surface area contributed by atoms with Gasteiger partial charge in [-0.1, -0.05) is 25.7 Å². The van der Waals surface area contributed by atoms with Gasteiger partial charge >= 0.3 is 5.97 Å². The fourth-order valence-corrected chi connectivity index (χ4v) is 3.63. The largest absolute Gasteiger partial charge is 0.468 e. The van der Waals surface area contributed by atoms with E-state index in [1.807, 2.05) is 0 Å². The fraction of sp³-hybridized carbons (Fsp3) is 0.933. The number of esters is 1. The zero-order valence-corrected chi connectivity index (χ0v) is 12.6. The standard InChI is InChI=1S/C15H28N2O2/c1-12-10-15(11-17(12)2,14(18)19-3)16-13-8-6-4-5-7-9-13/h12-13,16H,4-11H2,1-3H3. The van der Waals surface area contributed by atoms with Crippen molar-refractivity contribution < 1.29 is 9.53 Å². The van der Waals surface area contributed by atoms with Crippen molar-refractivity contribution in [3.8, 4) is 0 Å². The zero-order chi connectivity index (χ0) is 13.9. The number of rotatable bonds is 3. The topological polar surface area (TPSA) is 41.6 Å². The Morgan fingerprint density at radius 3 is 2.37 bits per heavy atom. The van der Waals surface area contributed by atoms with Crippen molar-refractivity contribution in [2.45, 2.75) is 69.5 Å². The van der Waals surface area contributed by atoms with E-state index in [9.17, 15) is 4.79 Å². The van der Waals surface area contributed by atoms with Crippen LogP contribution in [0.25, 0.3) is 0 Å². The van der Waals surface area contributed by atoms with Gasteiger partial charge in [0.15, 0.2) is 0 Å². The van der Waals surface area contributed by atoms with E-state index in [4.69, 9.17) is 4.74 Å². The molecule has 4 heteroatoms. The van der Waals surface area contributed by atoms with Crippen LogP contribution in [-0.2, 0) is 9.53 Å². The van der Waals surface area contributed by atoms with Crippen LogP contribution in [0.2, 0.25) is 0 Å². The molecule has 2 rings (SSSR count). The van der Waals surface area contributed by atoms with Gasteiger partial charge < -0.3 is 9.64 Å². The van der Waals surface area contributed by atoms with Gasteiger partial charge in [0.1, 0.15) is 5.54 Å². The van der Waals surface area contributed by atoms with Gasteiger partial charge in [-0.05, 0) is 33.2 Å². The Morgan fingerprint density at radius 2 is 1.89 bits per heavy atom. The number of ether oxygens (including phenoxy) is 1. The summed E-state index contributed by atoms with van der Waals surface area (Å²) in [6, 6.07) is 0.901. The lowest BCUT2D eigenvalue weighted by Gasteiger charge is -2.32. The highest BCUT2D eigenvalue weighted by atomic mass is 16.5. The number of hydrogen-bond donors (Lipinski definition) is 1. The number of carbonyl (C=O) groups excluding carboxylic acids is 1. The summed E-state index contributed by atoms with van der Waals surface area (Å²) in [5.41, 5.74) is -0.488. The number of nitrogens with zero attached hydrogens (tertiary/aromatic N) is 1. The van der Waals surface area contributed by atoms with Crippen molar-refractivity contribution in [2.75, 3.05) is 20.7 Å². The van der Waals surface area contributed by atoms with E-state index in [0.29, 0.717) is 12.1 Å². The van der Waals surface area contributed by atoms with Crippen LogP contribution in [-0.4, -0.2) is 49.2 Å². The molecule has 1 aliphatic heterocycles. The molecule has 0 aromatic heterocycles. The third-order valence-electron chi connectivity index (χ3n) is 4.83. The molecule has 110 valence electrons. The molecule has 19 heavy (non-hydrogen) atoms. The lowest BCUT2D eigenvalue weighted by molar-refractivity contribution is -0.148. The Bertz CT molecular complexity index is 301. The molecule has 1 saturated heterocycles. The van der Waals surface area contributed by atoms with E-state index in [0.717, 1.165) is 13.0 Å². The van der Waals surface area contributed by atoms with Crippen molar-refractivity contribution >= 4 is 5.97 Å². The van der Waals surface area contributed by atoms with E-state index in [1.165, 1.54) is 45.6 Å². The maximum Gasteiger partial charge on any atom is 0.327 e. The Balaban J connectivity index is 2.08. The molecule has 2 unspecified atom stereocenters. The van der Waals surface area contributed by atoms with Crippen LogP contribution in [0.15, 0.2) is 0 Å². The molecule has 0 aromatic carbocycles. The monoisotopic (exact) mass is 268 g/mol. The maximum absolute atomic E-state index is 12.3. The molecule has 0 aromatic rings. The minimum Gasteiger partial charge on any atom is -0.468 e. The van der Waals surface area contributed by atoms with Gasteiger partial charge in [0.2, 0.25) is 0 Å². The van der Waals surface area contributed by atoms with Crippen molar-refractivity contribution in [2.24, 2.45) is 0 Å². The highest BCUT2D eigenvalue weighted by molar-refractivity contribution is 5.81. The number of likely N-dealkylation sites (tertiary alicyclic amines) is 1.